The van der Waals surface area contributed by atoms with E-state index in [1.165, 1.54) is 0 Å². The number of rotatable bonds is 3. The second kappa shape index (κ2) is 6.68. The fourth-order valence-electron chi connectivity index (χ4n) is 1.57. The van der Waals surface area contributed by atoms with Gasteiger partial charge in [0.2, 0.25) is 0 Å². The van der Waals surface area contributed by atoms with Gasteiger partial charge in [-0.1, -0.05) is 30.4 Å². The van der Waals surface area contributed by atoms with Crippen molar-refractivity contribution in [3.8, 4) is 5.75 Å². The van der Waals surface area contributed by atoms with E-state index < -0.39 is 0 Å². The van der Waals surface area contributed by atoms with Crippen LogP contribution in [0.5, 0.6) is 5.75 Å². The fourth-order valence-corrected chi connectivity index (χ4v) is 1.74. The number of thiocarbonyl (C=S) groups is 1. The molecule has 0 aliphatic carbocycles. The highest BCUT2D eigenvalue weighted by atomic mass is 32.1. The molecule has 2 aromatic carbocycles. The first-order chi connectivity index (χ1) is 9.69. The van der Waals surface area contributed by atoms with Crippen molar-refractivity contribution in [3.63, 3.8) is 0 Å². The van der Waals surface area contributed by atoms with Crippen LogP contribution in [-0.2, 0) is 4.79 Å². The van der Waals surface area contributed by atoms with Gasteiger partial charge in [-0.05, 0) is 36.4 Å². The van der Waals surface area contributed by atoms with E-state index >= 15 is 0 Å². The van der Waals surface area contributed by atoms with E-state index in [0.29, 0.717) is 5.69 Å². The SMILES string of the molecule is COc1ccc(NC(=S)C(=O)Nc2ccccc2)cc1. The van der Waals surface area contributed by atoms with E-state index in [4.69, 9.17) is 17.0 Å². The molecule has 0 fully saturated rings. The van der Waals surface area contributed by atoms with Crippen LogP contribution in [0.25, 0.3) is 0 Å². The lowest BCUT2D eigenvalue weighted by Gasteiger charge is -2.09. The normalized spacial score (nSPS) is 9.65. The van der Waals surface area contributed by atoms with Crippen LogP contribution in [-0.4, -0.2) is 18.0 Å². The average molecular weight is 286 g/mol. The summed E-state index contributed by atoms with van der Waals surface area (Å²) in [6, 6.07) is 16.3. The first-order valence-corrected chi connectivity index (χ1v) is 6.41. The molecule has 0 saturated carbocycles. The number of carbonyl (C=O) groups excluding carboxylic acids is 1. The van der Waals surface area contributed by atoms with Gasteiger partial charge in [-0.15, -0.1) is 0 Å². The molecule has 0 bridgehead atoms. The van der Waals surface area contributed by atoms with Gasteiger partial charge in [0.05, 0.1) is 7.11 Å². The second-order valence-electron chi connectivity index (χ2n) is 4.00. The molecular weight excluding hydrogens is 272 g/mol. The van der Waals surface area contributed by atoms with E-state index in [9.17, 15) is 4.79 Å². The van der Waals surface area contributed by atoms with Crippen molar-refractivity contribution in [2.45, 2.75) is 0 Å². The highest BCUT2D eigenvalue weighted by Crippen LogP contribution is 2.15. The summed E-state index contributed by atoms with van der Waals surface area (Å²) < 4.78 is 5.06. The molecule has 4 nitrogen and oxygen atoms in total. The molecule has 0 aromatic heterocycles. The van der Waals surface area contributed by atoms with Crippen LogP contribution in [0, 0.1) is 0 Å². The molecule has 0 aliphatic heterocycles. The molecule has 20 heavy (non-hydrogen) atoms. The van der Waals surface area contributed by atoms with E-state index in [1.54, 1.807) is 43.5 Å². The number of hydrogen-bond acceptors (Lipinski definition) is 3. The van der Waals surface area contributed by atoms with Crippen molar-refractivity contribution >= 4 is 34.5 Å². The maximum absolute atomic E-state index is 11.9. The van der Waals surface area contributed by atoms with Gasteiger partial charge in [0.15, 0.2) is 4.99 Å². The van der Waals surface area contributed by atoms with Gasteiger partial charge >= 0.3 is 0 Å². The quantitative estimate of drug-likeness (QED) is 0.851. The van der Waals surface area contributed by atoms with E-state index in [1.807, 2.05) is 18.2 Å². The van der Waals surface area contributed by atoms with Crippen LogP contribution in [0.1, 0.15) is 0 Å². The Morgan fingerprint density at radius 2 is 1.55 bits per heavy atom. The Hall–Kier alpha value is -2.40. The molecule has 1 amide bonds. The van der Waals surface area contributed by atoms with Gasteiger partial charge in [0, 0.05) is 11.4 Å². The number of methoxy groups -OCH3 is 1. The minimum atomic E-state index is -0.345. The summed E-state index contributed by atoms with van der Waals surface area (Å²) in [7, 11) is 1.60. The van der Waals surface area contributed by atoms with Crippen molar-refractivity contribution in [2.24, 2.45) is 0 Å². The van der Waals surface area contributed by atoms with Gasteiger partial charge in [-0.3, -0.25) is 4.79 Å². The first kappa shape index (κ1) is 14.0. The Morgan fingerprint density at radius 3 is 2.15 bits per heavy atom. The number of nitrogens with one attached hydrogen (secondary N) is 2. The highest BCUT2D eigenvalue weighted by Gasteiger charge is 2.09. The van der Waals surface area contributed by atoms with Crippen molar-refractivity contribution < 1.29 is 9.53 Å². The van der Waals surface area contributed by atoms with E-state index in [-0.39, 0.29) is 10.9 Å². The van der Waals surface area contributed by atoms with Crippen LogP contribution in [0.3, 0.4) is 0 Å². The Balaban J connectivity index is 1.95. The molecule has 0 aliphatic rings. The number of para-hydroxylation sites is 1. The summed E-state index contributed by atoms with van der Waals surface area (Å²) >= 11 is 5.06. The largest absolute Gasteiger partial charge is 0.497 e. The topological polar surface area (TPSA) is 50.4 Å². The molecule has 0 atom stereocenters. The van der Waals surface area contributed by atoms with Gasteiger partial charge in [-0.25, -0.2) is 0 Å². The monoisotopic (exact) mass is 286 g/mol. The Kier molecular flexibility index (Phi) is 4.68. The van der Waals surface area contributed by atoms with E-state index in [0.717, 1.165) is 11.4 Å². The van der Waals surface area contributed by atoms with Crippen LogP contribution >= 0.6 is 12.2 Å². The predicted octanol–water partition coefficient (Wildman–Crippen LogP) is 3.07. The van der Waals surface area contributed by atoms with Crippen LogP contribution in [0.4, 0.5) is 11.4 Å². The van der Waals surface area contributed by atoms with Crippen molar-refractivity contribution in [1.29, 1.82) is 0 Å². The average Bonchev–Trinajstić information content (AvgIpc) is 2.49. The maximum Gasteiger partial charge on any atom is 0.283 e. The number of carbonyl (C=O) groups is 1. The molecule has 2 N–H and O–H groups in total. The summed E-state index contributed by atoms with van der Waals surface area (Å²) in [5.41, 5.74) is 1.44. The third kappa shape index (κ3) is 3.80. The summed E-state index contributed by atoms with van der Waals surface area (Å²) in [4.78, 5) is 12.0. The minimum absolute atomic E-state index is 0.110. The number of hydrogen-bond donors (Lipinski definition) is 2. The molecule has 2 aromatic rings. The summed E-state index contributed by atoms with van der Waals surface area (Å²) in [6.07, 6.45) is 0. The Morgan fingerprint density at radius 1 is 0.950 bits per heavy atom. The fraction of sp³-hybridized carbons (Fsp3) is 0.0667. The lowest BCUT2D eigenvalue weighted by molar-refractivity contribution is -0.110. The van der Waals surface area contributed by atoms with Crippen LogP contribution < -0.4 is 15.4 Å². The number of anilines is 2. The molecule has 0 radical (unpaired) electrons. The van der Waals surface area contributed by atoms with E-state index in [2.05, 4.69) is 10.6 Å². The standard InChI is InChI=1S/C15H14N2O2S/c1-19-13-9-7-12(8-10-13)17-15(20)14(18)16-11-5-3-2-4-6-11/h2-10H,1H3,(H,16,18)(H,17,20). The zero-order valence-electron chi connectivity index (χ0n) is 10.9. The van der Waals surface area contributed by atoms with Gasteiger partial charge in [-0.2, -0.15) is 0 Å². The number of benzene rings is 2. The van der Waals surface area contributed by atoms with Gasteiger partial charge in [0.1, 0.15) is 5.75 Å². The first-order valence-electron chi connectivity index (χ1n) is 6.00. The summed E-state index contributed by atoms with van der Waals surface area (Å²) in [6.45, 7) is 0. The molecule has 0 heterocycles. The van der Waals surface area contributed by atoms with Crippen molar-refractivity contribution in [1.82, 2.24) is 0 Å². The predicted molar refractivity (Wildman–Crippen MR) is 84.3 cm³/mol. The second-order valence-corrected chi connectivity index (χ2v) is 4.41. The third-order valence-electron chi connectivity index (χ3n) is 2.59. The minimum Gasteiger partial charge on any atom is -0.497 e. The molecule has 102 valence electrons. The molecule has 0 spiro atoms. The van der Waals surface area contributed by atoms with Crippen LogP contribution in [0.2, 0.25) is 0 Å². The molecule has 5 heteroatoms. The molecule has 0 unspecified atom stereocenters. The third-order valence-corrected chi connectivity index (χ3v) is 2.87. The maximum atomic E-state index is 11.9. The molecule has 2 rings (SSSR count). The zero-order valence-corrected chi connectivity index (χ0v) is 11.7. The van der Waals surface area contributed by atoms with Crippen molar-refractivity contribution in [2.75, 3.05) is 17.7 Å². The Bertz CT molecular complexity index is 597. The molecule has 0 saturated heterocycles. The van der Waals surface area contributed by atoms with Gasteiger partial charge in [0.25, 0.3) is 5.91 Å². The Labute approximate surface area is 122 Å². The van der Waals surface area contributed by atoms with Gasteiger partial charge < -0.3 is 15.4 Å². The van der Waals surface area contributed by atoms with Crippen molar-refractivity contribution in [3.05, 3.63) is 54.6 Å². The molecular formula is C15H14N2O2S. The number of amides is 1. The van der Waals surface area contributed by atoms with Crippen LogP contribution in [0.15, 0.2) is 54.6 Å². The highest BCUT2D eigenvalue weighted by molar-refractivity contribution is 7.82. The summed E-state index contributed by atoms with van der Waals surface area (Å²) in [5, 5.41) is 5.59. The lowest BCUT2D eigenvalue weighted by atomic mass is 10.3. The zero-order chi connectivity index (χ0) is 14.4. The summed E-state index contributed by atoms with van der Waals surface area (Å²) in [5.74, 6) is 0.400. The number of ether oxygens (including phenoxy) is 1. The lowest BCUT2D eigenvalue weighted by Crippen LogP contribution is -2.27. The smallest absolute Gasteiger partial charge is 0.283 e.